The van der Waals surface area contributed by atoms with Crippen LogP contribution in [-0.2, 0) is 14.4 Å². The molecule has 7 nitrogen and oxygen atoms in total. The quantitative estimate of drug-likeness (QED) is 0.798. The van der Waals surface area contributed by atoms with Gasteiger partial charge in [-0.15, -0.1) is 0 Å². The van der Waals surface area contributed by atoms with Crippen molar-refractivity contribution < 1.29 is 19.1 Å². The SMILES string of the molecule is CN(C)C(=O)CNC(=O)C1(C)Oc2ccc(Cl)cc2NC1=O. The van der Waals surface area contributed by atoms with E-state index in [0.717, 1.165) is 0 Å². The lowest BCUT2D eigenvalue weighted by atomic mass is 10.0. The predicted octanol–water partition coefficient (Wildman–Crippen LogP) is 0.634. The summed E-state index contributed by atoms with van der Waals surface area (Å²) in [6.45, 7) is 1.13. The number of fused-ring (bicyclic) bond motifs is 1. The maximum atomic E-state index is 12.2. The summed E-state index contributed by atoms with van der Waals surface area (Å²) in [6, 6.07) is 4.68. The number of halogens is 1. The van der Waals surface area contributed by atoms with Crippen LogP contribution >= 0.6 is 11.6 Å². The van der Waals surface area contributed by atoms with Crippen LogP contribution in [0.1, 0.15) is 6.92 Å². The Morgan fingerprint density at radius 3 is 2.73 bits per heavy atom. The van der Waals surface area contributed by atoms with Gasteiger partial charge in [-0.3, -0.25) is 14.4 Å². The third-order valence-electron chi connectivity index (χ3n) is 3.27. The maximum Gasteiger partial charge on any atom is 0.278 e. The molecule has 0 bridgehead atoms. The van der Waals surface area contributed by atoms with Crippen LogP contribution in [0.3, 0.4) is 0 Å². The second-order valence-electron chi connectivity index (χ2n) is 5.20. The van der Waals surface area contributed by atoms with Gasteiger partial charge in [0.1, 0.15) is 5.75 Å². The zero-order chi connectivity index (χ0) is 16.5. The highest BCUT2D eigenvalue weighted by molar-refractivity contribution is 6.31. The summed E-state index contributed by atoms with van der Waals surface area (Å²) in [5, 5.41) is 5.42. The van der Waals surface area contributed by atoms with Gasteiger partial charge in [0, 0.05) is 19.1 Å². The van der Waals surface area contributed by atoms with Crippen LogP contribution in [-0.4, -0.2) is 48.9 Å². The molecule has 1 heterocycles. The maximum absolute atomic E-state index is 12.2. The number of ether oxygens (including phenoxy) is 1. The van der Waals surface area contributed by atoms with Crippen molar-refractivity contribution in [3.8, 4) is 5.75 Å². The first kappa shape index (κ1) is 16.1. The fraction of sp³-hybridized carbons (Fsp3) is 0.357. The van der Waals surface area contributed by atoms with E-state index in [2.05, 4.69) is 10.6 Å². The molecular formula is C14H16ClN3O4. The van der Waals surface area contributed by atoms with Gasteiger partial charge < -0.3 is 20.3 Å². The molecule has 0 radical (unpaired) electrons. The van der Waals surface area contributed by atoms with Crippen LogP contribution in [0.15, 0.2) is 18.2 Å². The van der Waals surface area contributed by atoms with Crippen molar-refractivity contribution in [2.24, 2.45) is 0 Å². The lowest BCUT2D eigenvalue weighted by molar-refractivity contribution is -0.147. The molecule has 1 aromatic carbocycles. The largest absolute Gasteiger partial charge is 0.466 e. The van der Waals surface area contributed by atoms with E-state index >= 15 is 0 Å². The Labute approximate surface area is 132 Å². The minimum absolute atomic E-state index is 0.217. The molecule has 0 saturated heterocycles. The molecule has 0 fully saturated rings. The zero-order valence-electron chi connectivity index (χ0n) is 12.4. The van der Waals surface area contributed by atoms with Crippen LogP contribution < -0.4 is 15.4 Å². The van der Waals surface area contributed by atoms with Crippen molar-refractivity contribution in [3.63, 3.8) is 0 Å². The summed E-state index contributed by atoms with van der Waals surface area (Å²) >= 11 is 5.84. The number of benzene rings is 1. The number of nitrogens with zero attached hydrogens (tertiary/aromatic N) is 1. The Bertz CT molecular complexity index is 647. The monoisotopic (exact) mass is 325 g/mol. The second kappa shape index (κ2) is 5.84. The normalized spacial score (nSPS) is 19.5. The molecule has 22 heavy (non-hydrogen) atoms. The van der Waals surface area contributed by atoms with Gasteiger partial charge in [0.05, 0.1) is 12.2 Å². The summed E-state index contributed by atoms with van der Waals surface area (Å²) < 4.78 is 5.53. The van der Waals surface area contributed by atoms with E-state index < -0.39 is 17.4 Å². The van der Waals surface area contributed by atoms with Crippen LogP contribution in [0.5, 0.6) is 5.75 Å². The highest BCUT2D eigenvalue weighted by Crippen LogP contribution is 2.35. The molecule has 1 atom stereocenters. The van der Waals surface area contributed by atoms with Crippen molar-refractivity contribution in [3.05, 3.63) is 23.2 Å². The molecule has 2 N–H and O–H groups in total. The molecule has 8 heteroatoms. The fourth-order valence-corrected chi connectivity index (χ4v) is 2.00. The minimum atomic E-state index is -1.76. The Kier molecular flexibility index (Phi) is 4.27. The van der Waals surface area contributed by atoms with E-state index in [4.69, 9.17) is 16.3 Å². The number of rotatable bonds is 3. The third kappa shape index (κ3) is 2.99. The molecule has 3 amide bonds. The lowest BCUT2D eigenvalue weighted by Gasteiger charge is -2.33. The highest BCUT2D eigenvalue weighted by atomic mass is 35.5. The first-order valence-corrected chi connectivity index (χ1v) is 6.90. The number of carbonyl (C=O) groups is 3. The first-order chi connectivity index (χ1) is 10.2. The standard InChI is InChI=1S/C14H16ClN3O4/c1-14(12(20)16-7-11(19)18(2)3)13(21)17-9-6-8(15)4-5-10(9)22-14/h4-6H,7H2,1-3H3,(H,16,20)(H,17,21). The number of carbonyl (C=O) groups excluding carboxylic acids is 3. The van der Waals surface area contributed by atoms with Gasteiger partial charge in [-0.05, 0) is 25.1 Å². The minimum Gasteiger partial charge on any atom is -0.466 e. The van der Waals surface area contributed by atoms with Crippen molar-refractivity contribution in [2.45, 2.75) is 12.5 Å². The molecule has 2 rings (SSSR count). The van der Waals surface area contributed by atoms with Gasteiger partial charge >= 0.3 is 0 Å². The van der Waals surface area contributed by atoms with Crippen molar-refractivity contribution in [1.82, 2.24) is 10.2 Å². The van der Waals surface area contributed by atoms with Crippen LogP contribution in [0.2, 0.25) is 5.02 Å². The summed E-state index contributed by atoms with van der Waals surface area (Å²) in [4.78, 5) is 37.3. The van der Waals surface area contributed by atoms with E-state index in [9.17, 15) is 14.4 Å². The van der Waals surface area contributed by atoms with Gasteiger partial charge in [0.25, 0.3) is 17.4 Å². The lowest BCUT2D eigenvalue weighted by Crippen LogP contribution is -2.59. The molecule has 118 valence electrons. The highest BCUT2D eigenvalue weighted by Gasteiger charge is 2.47. The van der Waals surface area contributed by atoms with Gasteiger partial charge in [-0.2, -0.15) is 0 Å². The smallest absolute Gasteiger partial charge is 0.278 e. The summed E-state index contributed by atoms with van der Waals surface area (Å²) in [5.41, 5.74) is -1.36. The Balaban J connectivity index is 2.16. The Morgan fingerprint density at radius 2 is 2.09 bits per heavy atom. The van der Waals surface area contributed by atoms with Gasteiger partial charge in [-0.1, -0.05) is 11.6 Å². The first-order valence-electron chi connectivity index (χ1n) is 6.52. The van der Waals surface area contributed by atoms with E-state index in [0.29, 0.717) is 16.5 Å². The number of hydrogen-bond acceptors (Lipinski definition) is 4. The van der Waals surface area contributed by atoms with Gasteiger partial charge in [-0.25, -0.2) is 0 Å². The van der Waals surface area contributed by atoms with Crippen LogP contribution in [0.4, 0.5) is 5.69 Å². The van der Waals surface area contributed by atoms with Crippen molar-refractivity contribution in [2.75, 3.05) is 26.0 Å². The fourth-order valence-electron chi connectivity index (χ4n) is 1.83. The predicted molar refractivity (Wildman–Crippen MR) is 80.8 cm³/mol. The summed E-state index contributed by atoms with van der Waals surface area (Å²) in [7, 11) is 3.14. The van der Waals surface area contributed by atoms with Gasteiger partial charge in [0.15, 0.2) is 0 Å². The number of amides is 3. The number of hydrogen-bond donors (Lipinski definition) is 2. The average Bonchev–Trinajstić information content (AvgIpc) is 2.45. The topological polar surface area (TPSA) is 87.7 Å². The van der Waals surface area contributed by atoms with E-state index in [1.54, 1.807) is 26.2 Å². The average molecular weight is 326 g/mol. The molecule has 1 aliphatic heterocycles. The van der Waals surface area contributed by atoms with E-state index in [1.807, 2.05) is 0 Å². The molecular weight excluding hydrogens is 310 g/mol. The van der Waals surface area contributed by atoms with Gasteiger partial charge in [0.2, 0.25) is 5.91 Å². The third-order valence-corrected chi connectivity index (χ3v) is 3.50. The number of anilines is 1. The van der Waals surface area contributed by atoms with Crippen molar-refractivity contribution in [1.29, 1.82) is 0 Å². The molecule has 1 aromatic rings. The Hall–Kier alpha value is -2.28. The van der Waals surface area contributed by atoms with Crippen LogP contribution in [0, 0.1) is 0 Å². The van der Waals surface area contributed by atoms with E-state index in [-0.39, 0.29) is 12.5 Å². The molecule has 1 aliphatic rings. The molecule has 0 aromatic heterocycles. The van der Waals surface area contributed by atoms with E-state index in [1.165, 1.54) is 17.9 Å². The van der Waals surface area contributed by atoms with Crippen LogP contribution in [0.25, 0.3) is 0 Å². The summed E-state index contributed by atoms with van der Waals surface area (Å²) in [6.07, 6.45) is 0. The molecule has 0 aliphatic carbocycles. The number of likely N-dealkylation sites (N-methyl/N-ethyl adjacent to an activating group) is 1. The Morgan fingerprint density at radius 1 is 1.41 bits per heavy atom. The molecule has 1 unspecified atom stereocenters. The molecule has 0 saturated carbocycles. The second-order valence-corrected chi connectivity index (χ2v) is 5.64. The molecule has 0 spiro atoms. The van der Waals surface area contributed by atoms with Crippen molar-refractivity contribution >= 4 is 35.0 Å². The zero-order valence-corrected chi connectivity index (χ0v) is 13.2. The summed E-state index contributed by atoms with van der Waals surface area (Å²) in [5.74, 6) is -1.28. The number of nitrogens with one attached hydrogen (secondary N) is 2.